The second-order valence-corrected chi connectivity index (χ2v) is 1.69. The van der Waals surface area contributed by atoms with Gasteiger partial charge >= 0.3 is 5.97 Å². The van der Waals surface area contributed by atoms with Crippen LogP contribution in [0.2, 0.25) is 0 Å². The highest BCUT2D eigenvalue weighted by Gasteiger charge is 2.20. The Labute approximate surface area is 53.2 Å². The summed E-state index contributed by atoms with van der Waals surface area (Å²) in [6, 6.07) is 0. The standard InChI is InChI=1S/C6H7NO2/c1-2-3-6(8)9-7-4-5-7/h3H,1,4-5H2. The molecule has 0 amide bonds. The highest BCUT2D eigenvalue weighted by molar-refractivity contribution is 5.81. The first-order valence-corrected chi connectivity index (χ1v) is 2.65. The molecule has 1 saturated heterocycles. The smallest absolute Gasteiger partial charge is 0.357 e. The molecule has 3 nitrogen and oxygen atoms in total. The lowest BCUT2D eigenvalue weighted by Crippen LogP contribution is -2.05. The summed E-state index contributed by atoms with van der Waals surface area (Å²) in [4.78, 5) is 15.1. The maximum atomic E-state index is 10.5. The summed E-state index contributed by atoms with van der Waals surface area (Å²) in [5.41, 5.74) is 2.32. The molecule has 1 fully saturated rings. The van der Waals surface area contributed by atoms with Crippen LogP contribution in [0.25, 0.3) is 0 Å². The van der Waals surface area contributed by atoms with Crippen molar-refractivity contribution in [1.82, 2.24) is 5.06 Å². The number of carbonyl (C=O) groups excluding carboxylic acids is 1. The SMILES string of the molecule is C=C=CC(=O)ON1CC1. The van der Waals surface area contributed by atoms with Crippen LogP contribution < -0.4 is 0 Å². The van der Waals surface area contributed by atoms with E-state index in [0.29, 0.717) is 0 Å². The van der Waals surface area contributed by atoms with Gasteiger partial charge in [-0.25, -0.2) is 4.79 Å². The molecule has 0 N–H and O–H groups in total. The van der Waals surface area contributed by atoms with E-state index in [9.17, 15) is 4.79 Å². The van der Waals surface area contributed by atoms with Crippen LogP contribution >= 0.6 is 0 Å². The van der Waals surface area contributed by atoms with E-state index in [1.807, 2.05) is 0 Å². The van der Waals surface area contributed by atoms with E-state index in [1.54, 1.807) is 5.06 Å². The van der Waals surface area contributed by atoms with Gasteiger partial charge in [-0.2, -0.15) is 0 Å². The quantitative estimate of drug-likeness (QED) is 0.298. The van der Waals surface area contributed by atoms with Gasteiger partial charge in [0.15, 0.2) is 0 Å². The number of rotatable bonds is 2. The molecule has 0 aromatic heterocycles. The van der Waals surface area contributed by atoms with Crippen LogP contribution in [0.5, 0.6) is 0 Å². The minimum Gasteiger partial charge on any atom is -0.364 e. The molecule has 1 aliphatic rings. The molecule has 0 aromatic rings. The van der Waals surface area contributed by atoms with Gasteiger partial charge in [0.1, 0.15) is 0 Å². The van der Waals surface area contributed by atoms with Crippen molar-refractivity contribution in [2.75, 3.05) is 13.1 Å². The molecule has 9 heavy (non-hydrogen) atoms. The summed E-state index contributed by atoms with van der Waals surface area (Å²) in [5.74, 6) is -0.400. The number of hydrogen-bond donors (Lipinski definition) is 0. The Bertz CT molecular complexity index is 166. The van der Waals surface area contributed by atoms with E-state index in [2.05, 4.69) is 17.1 Å². The van der Waals surface area contributed by atoms with Crippen molar-refractivity contribution < 1.29 is 9.63 Å². The second-order valence-electron chi connectivity index (χ2n) is 1.69. The van der Waals surface area contributed by atoms with Crippen molar-refractivity contribution in [2.45, 2.75) is 0 Å². The fourth-order valence-corrected chi connectivity index (χ4v) is 0.369. The fourth-order valence-electron chi connectivity index (χ4n) is 0.369. The lowest BCUT2D eigenvalue weighted by atomic mass is 10.6. The number of hydroxylamine groups is 2. The van der Waals surface area contributed by atoms with Crippen LogP contribution in [0, 0.1) is 0 Å². The van der Waals surface area contributed by atoms with E-state index < -0.39 is 5.97 Å². The monoisotopic (exact) mass is 125 g/mol. The average molecular weight is 125 g/mol. The van der Waals surface area contributed by atoms with Crippen LogP contribution in [0.3, 0.4) is 0 Å². The molecule has 0 saturated carbocycles. The van der Waals surface area contributed by atoms with E-state index in [4.69, 9.17) is 0 Å². The Kier molecular flexibility index (Phi) is 1.68. The Balaban J connectivity index is 2.24. The predicted octanol–water partition coefficient (Wildman–Crippen LogP) is 0.101. The van der Waals surface area contributed by atoms with Crippen LogP contribution in [-0.2, 0) is 9.63 Å². The van der Waals surface area contributed by atoms with Gasteiger partial charge < -0.3 is 4.84 Å². The van der Waals surface area contributed by atoms with Gasteiger partial charge in [-0.15, -0.1) is 10.8 Å². The molecule has 0 atom stereocenters. The van der Waals surface area contributed by atoms with E-state index >= 15 is 0 Å². The maximum Gasteiger partial charge on any atom is 0.357 e. The zero-order valence-electron chi connectivity index (χ0n) is 4.96. The van der Waals surface area contributed by atoms with Crippen LogP contribution in [0.15, 0.2) is 18.4 Å². The first-order valence-electron chi connectivity index (χ1n) is 2.65. The fraction of sp³-hybridized carbons (Fsp3) is 0.333. The van der Waals surface area contributed by atoms with Crippen molar-refractivity contribution in [2.24, 2.45) is 0 Å². The van der Waals surface area contributed by atoms with E-state index in [-0.39, 0.29) is 0 Å². The van der Waals surface area contributed by atoms with Gasteiger partial charge in [0.05, 0.1) is 19.2 Å². The highest BCUT2D eigenvalue weighted by Crippen LogP contribution is 2.03. The first-order chi connectivity index (χ1) is 4.33. The molecule has 3 heteroatoms. The molecule has 0 aliphatic carbocycles. The Hall–Kier alpha value is -1.05. The zero-order valence-corrected chi connectivity index (χ0v) is 4.96. The third-order valence-electron chi connectivity index (χ3n) is 0.845. The summed E-state index contributed by atoms with van der Waals surface area (Å²) in [7, 11) is 0. The third-order valence-corrected chi connectivity index (χ3v) is 0.845. The van der Waals surface area contributed by atoms with Crippen LogP contribution in [-0.4, -0.2) is 24.1 Å². The highest BCUT2D eigenvalue weighted by atomic mass is 16.7. The predicted molar refractivity (Wildman–Crippen MR) is 31.4 cm³/mol. The van der Waals surface area contributed by atoms with Crippen molar-refractivity contribution in [3.63, 3.8) is 0 Å². The first kappa shape index (κ1) is 6.08. The van der Waals surface area contributed by atoms with Crippen molar-refractivity contribution in [3.05, 3.63) is 18.4 Å². The Morgan fingerprint density at radius 1 is 1.78 bits per heavy atom. The molecular weight excluding hydrogens is 118 g/mol. The molecule has 0 spiro atoms. The van der Waals surface area contributed by atoms with Crippen molar-refractivity contribution in [1.29, 1.82) is 0 Å². The lowest BCUT2D eigenvalue weighted by Gasteiger charge is -1.94. The Morgan fingerprint density at radius 3 is 2.89 bits per heavy atom. The summed E-state index contributed by atoms with van der Waals surface area (Å²) < 4.78 is 0. The molecule has 1 aliphatic heterocycles. The largest absolute Gasteiger partial charge is 0.364 e. The molecule has 0 bridgehead atoms. The normalized spacial score (nSPS) is 16.0. The molecule has 0 unspecified atom stereocenters. The maximum absolute atomic E-state index is 10.5. The molecule has 0 aromatic carbocycles. The summed E-state index contributed by atoms with van der Waals surface area (Å²) in [6.45, 7) is 4.92. The molecular formula is C6H7NO2. The van der Waals surface area contributed by atoms with Crippen LogP contribution in [0.1, 0.15) is 0 Å². The van der Waals surface area contributed by atoms with Gasteiger partial charge in [-0.05, 0) is 0 Å². The summed E-state index contributed by atoms with van der Waals surface area (Å²) in [6.07, 6.45) is 1.16. The van der Waals surface area contributed by atoms with E-state index in [0.717, 1.165) is 13.1 Å². The Morgan fingerprint density at radius 2 is 2.44 bits per heavy atom. The molecule has 48 valence electrons. The van der Waals surface area contributed by atoms with Gasteiger partial charge in [-0.1, -0.05) is 6.58 Å². The number of nitrogens with zero attached hydrogens (tertiary/aromatic N) is 1. The zero-order chi connectivity index (χ0) is 6.69. The average Bonchev–Trinajstić information content (AvgIpc) is 2.50. The third kappa shape index (κ3) is 2.13. The van der Waals surface area contributed by atoms with E-state index in [1.165, 1.54) is 6.08 Å². The van der Waals surface area contributed by atoms with Crippen molar-refractivity contribution in [3.8, 4) is 0 Å². The number of carbonyl (C=O) groups is 1. The van der Waals surface area contributed by atoms with Crippen LogP contribution in [0.4, 0.5) is 0 Å². The topological polar surface area (TPSA) is 29.3 Å². The summed E-state index contributed by atoms with van der Waals surface area (Å²) >= 11 is 0. The lowest BCUT2D eigenvalue weighted by molar-refractivity contribution is -0.159. The number of hydrogen-bond acceptors (Lipinski definition) is 3. The van der Waals surface area contributed by atoms with Gasteiger partial charge in [0, 0.05) is 0 Å². The molecule has 0 radical (unpaired) electrons. The van der Waals surface area contributed by atoms with Gasteiger partial charge in [-0.3, -0.25) is 0 Å². The molecule has 1 rings (SSSR count). The minimum atomic E-state index is -0.400. The van der Waals surface area contributed by atoms with Gasteiger partial charge in [0.25, 0.3) is 0 Å². The minimum absolute atomic E-state index is 0.400. The van der Waals surface area contributed by atoms with Crippen molar-refractivity contribution >= 4 is 5.97 Å². The van der Waals surface area contributed by atoms with Gasteiger partial charge in [0.2, 0.25) is 0 Å². The summed E-state index contributed by atoms with van der Waals surface area (Å²) in [5, 5.41) is 1.55. The second kappa shape index (κ2) is 2.49. The molecule has 1 heterocycles.